The zero-order valence-corrected chi connectivity index (χ0v) is 12.9. The number of aromatic nitrogens is 2. The van der Waals surface area contributed by atoms with Crippen LogP contribution >= 0.6 is 23.2 Å². The largest absolute Gasteiger partial charge is 0.462 e. The Hall–Kier alpha value is -1.52. The van der Waals surface area contributed by atoms with Crippen LogP contribution in [0.4, 0.5) is 0 Å². The van der Waals surface area contributed by atoms with Crippen molar-refractivity contribution in [3.8, 4) is 5.69 Å². The van der Waals surface area contributed by atoms with Crippen LogP contribution in [0.3, 0.4) is 0 Å². The van der Waals surface area contributed by atoms with E-state index in [1.165, 1.54) is 0 Å². The lowest BCUT2D eigenvalue weighted by Crippen LogP contribution is -2.07. The fraction of sp³-hybridized carbons (Fsp3) is 0.286. The van der Waals surface area contributed by atoms with Crippen LogP contribution in [0, 0.1) is 13.8 Å². The summed E-state index contributed by atoms with van der Waals surface area (Å²) < 4.78 is 6.66. The Balaban J connectivity index is 2.51. The summed E-state index contributed by atoms with van der Waals surface area (Å²) in [5.74, 6) is -0.452. The topological polar surface area (TPSA) is 44.1 Å². The van der Waals surface area contributed by atoms with Gasteiger partial charge < -0.3 is 4.74 Å². The summed E-state index contributed by atoms with van der Waals surface area (Å²) in [7, 11) is 0. The minimum absolute atomic E-state index is 0.297. The number of aryl methyl sites for hydroxylation is 1. The average Bonchev–Trinajstić information content (AvgIpc) is 2.67. The molecule has 20 heavy (non-hydrogen) atoms. The van der Waals surface area contributed by atoms with E-state index in [0.717, 1.165) is 11.4 Å². The molecule has 106 valence electrons. The van der Waals surface area contributed by atoms with Gasteiger partial charge in [-0.25, -0.2) is 9.48 Å². The van der Waals surface area contributed by atoms with Crippen LogP contribution in [0.2, 0.25) is 10.0 Å². The molecule has 4 nitrogen and oxygen atoms in total. The number of carbonyl (C=O) groups is 1. The van der Waals surface area contributed by atoms with Gasteiger partial charge in [0.2, 0.25) is 0 Å². The molecule has 2 rings (SSSR count). The van der Waals surface area contributed by atoms with Crippen molar-refractivity contribution in [1.82, 2.24) is 9.78 Å². The smallest absolute Gasteiger partial charge is 0.339 e. The van der Waals surface area contributed by atoms with Crippen molar-refractivity contribution in [2.45, 2.75) is 20.8 Å². The molecule has 2 aromatic rings. The van der Waals surface area contributed by atoms with Crippen molar-refractivity contribution in [3.05, 3.63) is 45.2 Å². The van der Waals surface area contributed by atoms with Gasteiger partial charge in [-0.15, -0.1) is 0 Å². The van der Waals surface area contributed by atoms with Crippen molar-refractivity contribution in [2.75, 3.05) is 6.61 Å². The molecule has 0 radical (unpaired) electrons. The molecule has 0 aliphatic heterocycles. The molecule has 0 N–H and O–H groups in total. The van der Waals surface area contributed by atoms with Gasteiger partial charge in [-0.05, 0) is 39.0 Å². The molecule has 0 bridgehead atoms. The molecule has 0 fully saturated rings. The highest BCUT2D eigenvalue weighted by molar-refractivity contribution is 6.33. The molecule has 0 unspecified atom stereocenters. The third-order valence-corrected chi connectivity index (χ3v) is 3.77. The number of benzene rings is 1. The maximum absolute atomic E-state index is 11.8. The monoisotopic (exact) mass is 312 g/mol. The number of ether oxygens (including phenoxy) is 1. The van der Waals surface area contributed by atoms with E-state index in [0.29, 0.717) is 27.9 Å². The Morgan fingerprint density at radius 1 is 1.35 bits per heavy atom. The molecule has 0 aliphatic rings. The fourth-order valence-electron chi connectivity index (χ4n) is 1.89. The number of hydrogen-bond acceptors (Lipinski definition) is 3. The second-order valence-electron chi connectivity index (χ2n) is 4.28. The number of hydrogen-bond donors (Lipinski definition) is 0. The molecule has 0 saturated heterocycles. The lowest BCUT2D eigenvalue weighted by Gasteiger charge is -2.08. The summed E-state index contributed by atoms with van der Waals surface area (Å²) in [6, 6.07) is 5.07. The van der Waals surface area contributed by atoms with Crippen molar-refractivity contribution < 1.29 is 9.53 Å². The zero-order chi connectivity index (χ0) is 14.9. The molecule has 1 aromatic carbocycles. The van der Waals surface area contributed by atoms with E-state index >= 15 is 0 Å². The first-order valence-corrected chi connectivity index (χ1v) is 6.90. The van der Waals surface area contributed by atoms with E-state index in [-0.39, 0.29) is 0 Å². The minimum atomic E-state index is -0.452. The quantitative estimate of drug-likeness (QED) is 0.805. The van der Waals surface area contributed by atoms with Crippen LogP contribution < -0.4 is 0 Å². The van der Waals surface area contributed by atoms with Crippen molar-refractivity contribution in [1.29, 1.82) is 0 Å². The lowest BCUT2D eigenvalue weighted by molar-refractivity contribution is 0.0526. The maximum atomic E-state index is 11.8. The van der Waals surface area contributed by atoms with Crippen LogP contribution in [0.15, 0.2) is 18.2 Å². The summed E-state index contributed by atoms with van der Waals surface area (Å²) in [5.41, 5.74) is 2.57. The Morgan fingerprint density at radius 2 is 2.05 bits per heavy atom. The molecular weight excluding hydrogens is 299 g/mol. The number of esters is 1. The summed E-state index contributed by atoms with van der Waals surface area (Å²) >= 11 is 12.2. The summed E-state index contributed by atoms with van der Waals surface area (Å²) in [6.45, 7) is 5.73. The lowest BCUT2D eigenvalue weighted by atomic mass is 10.2. The number of nitrogens with zero attached hydrogens (tertiary/aromatic N) is 2. The molecular formula is C14H14Cl2N2O2. The first kappa shape index (κ1) is 14.9. The summed E-state index contributed by atoms with van der Waals surface area (Å²) in [6.07, 6.45) is 0. The van der Waals surface area contributed by atoms with Crippen LogP contribution in [-0.4, -0.2) is 22.4 Å². The summed E-state index contributed by atoms with van der Waals surface area (Å²) in [5, 5.41) is 5.30. The normalized spacial score (nSPS) is 10.7. The van der Waals surface area contributed by atoms with E-state index in [4.69, 9.17) is 27.9 Å². The molecule has 6 heteroatoms. The zero-order valence-electron chi connectivity index (χ0n) is 11.4. The second-order valence-corrected chi connectivity index (χ2v) is 5.07. The third-order valence-electron chi connectivity index (χ3n) is 2.89. The van der Waals surface area contributed by atoms with Crippen molar-refractivity contribution in [3.63, 3.8) is 0 Å². The van der Waals surface area contributed by atoms with E-state index < -0.39 is 5.97 Å². The van der Waals surface area contributed by atoms with Gasteiger partial charge in [0, 0.05) is 0 Å². The van der Waals surface area contributed by atoms with Gasteiger partial charge in [0.1, 0.15) is 0 Å². The predicted octanol–water partition coefficient (Wildman–Crippen LogP) is 3.97. The highest BCUT2D eigenvalue weighted by atomic mass is 35.5. The van der Waals surface area contributed by atoms with Gasteiger partial charge in [-0.2, -0.15) is 5.10 Å². The van der Waals surface area contributed by atoms with Gasteiger partial charge in [0.05, 0.1) is 39.3 Å². The van der Waals surface area contributed by atoms with Gasteiger partial charge in [0.15, 0.2) is 0 Å². The Bertz CT molecular complexity index is 665. The predicted molar refractivity (Wildman–Crippen MR) is 79.0 cm³/mol. The minimum Gasteiger partial charge on any atom is -0.462 e. The molecule has 1 heterocycles. The highest BCUT2D eigenvalue weighted by Crippen LogP contribution is 2.25. The molecule has 0 atom stereocenters. The first-order chi connectivity index (χ1) is 9.45. The van der Waals surface area contributed by atoms with E-state index in [1.54, 1.807) is 29.8 Å². The highest BCUT2D eigenvalue weighted by Gasteiger charge is 2.16. The van der Waals surface area contributed by atoms with Gasteiger partial charge in [-0.3, -0.25) is 0 Å². The second kappa shape index (κ2) is 5.85. The molecule has 0 amide bonds. The Morgan fingerprint density at radius 3 is 2.60 bits per heavy atom. The van der Waals surface area contributed by atoms with Crippen LogP contribution in [0.1, 0.15) is 28.7 Å². The van der Waals surface area contributed by atoms with Gasteiger partial charge >= 0.3 is 5.97 Å². The Labute approximate surface area is 127 Å². The average molecular weight is 313 g/mol. The number of halogens is 2. The first-order valence-electron chi connectivity index (χ1n) is 6.14. The van der Waals surface area contributed by atoms with Crippen LogP contribution in [0.25, 0.3) is 5.69 Å². The molecule has 0 saturated carbocycles. The third kappa shape index (κ3) is 2.67. The summed E-state index contributed by atoms with van der Waals surface area (Å²) in [4.78, 5) is 11.8. The van der Waals surface area contributed by atoms with Crippen molar-refractivity contribution >= 4 is 29.2 Å². The number of rotatable bonds is 3. The molecule has 0 spiro atoms. The van der Waals surface area contributed by atoms with Gasteiger partial charge in [-0.1, -0.05) is 23.2 Å². The number of carbonyl (C=O) groups excluding carboxylic acids is 1. The SMILES string of the molecule is CCOC(=O)c1cc(-n2nc(C)c(Cl)c2C)ccc1Cl. The fourth-order valence-corrected chi connectivity index (χ4v) is 2.20. The van der Waals surface area contributed by atoms with Crippen LogP contribution in [-0.2, 0) is 4.74 Å². The Kier molecular flexibility index (Phi) is 4.35. The molecule has 1 aromatic heterocycles. The standard InChI is InChI=1S/C14H14Cl2N2O2/c1-4-20-14(19)11-7-10(5-6-12(11)15)18-9(3)13(16)8(2)17-18/h5-7H,4H2,1-3H3. The maximum Gasteiger partial charge on any atom is 0.339 e. The van der Waals surface area contributed by atoms with Crippen molar-refractivity contribution in [2.24, 2.45) is 0 Å². The van der Waals surface area contributed by atoms with E-state index in [9.17, 15) is 4.79 Å². The van der Waals surface area contributed by atoms with E-state index in [2.05, 4.69) is 5.10 Å². The van der Waals surface area contributed by atoms with Crippen LogP contribution in [0.5, 0.6) is 0 Å². The van der Waals surface area contributed by atoms with E-state index in [1.807, 2.05) is 13.8 Å². The van der Waals surface area contributed by atoms with Gasteiger partial charge in [0.25, 0.3) is 0 Å². The molecule has 0 aliphatic carbocycles.